The highest BCUT2D eigenvalue weighted by molar-refractivity contribution is 5.96. The Hall–Kier alpha value is -6.53. The molecule has 3 aliphatic heterocycles. The Morgan fingerprint density at radius 2 is 1.84 bits per heavy atom. The van der Waals surface area contributed by atoms with Crippen LogP contribution in [-0.4, -0.2) is 123 Å². The molecular formula is C40H38F2N10O6. The lowest BCUT2D eigenvalue weighted by atomic mass is 10.0. The molecule has 2 saturated heterocycles. The van der Waals surface area contributed by atoms with Gasteiger partial charge in [0.1, 0.15) is 53.6 Å². The molecule has 0 aliphatic carbocycles. The van der Waals surface area contributed by atoms with Crippen molar-refractivity contribution in [2.45, 2.75) is 37.2 Å². The number of esters is 1. The first-order valence-corrected chi connectivity index (χ1v) is 18.9. The van der Waals surface area contributed by atoms with Gasteiger partial charge in [0.2, 0.25) is 11.8 Å². The zero-order valence-corrected chi connectivity index (χ0v) is 31.3. The summed E-state index contributed by atoms with van der Waals surface area (Å²) in [6.07, 6.45) is 4.33. The standard InChI is InChI=1S/C40H38F2N10O6/c1-56-40(55)32-18-43-38(53)35-21-57-13-12-49(35)10-11-50-20-29-27(6-3-7-31(29)48-50)23-4-2-5-25(14-23)58-26-16-34(39(54)47-32)51(19-26)36-28-17-46-52(37(28)45-22-44-36)33-9-8-24(41)15-30(33)42/h2-9,14-15,17,20,22,26,32,34-35H,10-13,16,18-19,21H2,1H3,(H,43,53)(H,47,54)/t26-,32-,34-,35?/m0/s1. The summed E-state index contributed by atoms with van der Waals surface area (Å²) in [7, 11) is 1.20. The molecule has 4 atom stereocenters. The normalized spacial score (nSPS) is 21.9. The molecule has 0 radical (unpaired) electrons. The topological polar surface area (TPSA) is 171 Å². The molecule has 3 aromatic carbocycles. The van der Waals surface area contributed by atoms with E-state index in [2.05, 4.69) is 25.7 Å². The van der Waals surface area contributed by atoms with E-state index in [1.54, 1.807) is 4.90 Å². The minimum Gasteiger partial charge on any atom is -0.488 e. The SMILES string of the molecule is COC(=O)[C@@H]1CNC(=O)C2COCCN2CCn2cc3c(cccc3n2)-c2cccc(c2)O[C@H]2C[C@@H](C(=O)N1)N(c1ncnc3c1cnn3-c1ccc(F)cc1F)C2. The number of carbonyl (C=O) groups excluding carboxylic acids is 3. The molecule has 16 nitrogen and oxygen atoms in total. The largest absolute Gasteiger partial charge is 0.488 e. The van der Waals surface area contributed by atoms with Crippen LogP contribution in [0.2, 0.25) is 0 Å². The third-order valence-corrected chi connectivity index (χ3v) is 10.8. The number of halogens is 2. The van der Waals surface area contributed by atoms with Gasteiger partial charge in [-0.3, -0.25) is 19.2 Å². The maximum atomic E-state index is 14.9. The van der Waals surface area contributed by atoms with Gasteiger partial charge in [-0.1, -0.05) is 24.3 Å². The molecule has 0 saturated carbocycles. The minimum absolute atomic E-state index is 0.0299. The van der Waals surface area contributed by atoms with E-state index >= 15 is 0 Å². The van der Waals surface area contributed by atoms with Crippen molar-refractivity contribution >= 4 is 45.5 Å². The predicted octanol–water partition coefficient (Wildman–Crippen LogP) is 2.63. The Labute approximate surface area is 329 Å². The summed E-state index contributed by atoms with van der Waals surface area (Å²) in [5.74, 6) is -2.38. The lowest BCUT2D eigenvalue weighted by molar-refractivity contribution is -0.145. The van der Waals surface area contributed by atoms with E-state index in [9.17, 15) is 23.2 Å². The van der Waals surface area contributed by atoms with Crippen LogP contribution in [0.5, 0.6) is 5.75 Å². The number of hydrogen-bond acceptors (Lipinski definition) is 12. The summed E-state index contributed by atoms with van der Waals surface area (Å²) in [5.41, 5.74) is 2.87. The van der Waals surface area contributed by atoms with E-state index in [1.807, 2.05) is 58.2 Å². The number of hydrogen-bond donors (Lipinski definition) is 2. The van der Waals surface area contributed by atoms with E-state index in [1.165, 1.54) is 30.4 Å². The van der Waals surface area contributed by atoms with Crippen LogP contribution in [0.25, 0.3) is 38.8 Å². The van der Waals surface area contributed by atoms with Crippen molar-refractivity contribution in [2.75, 3.05) is 51.4 Å². The third kappa shape index (κ3) is 7.04. The first-order chi connectivity index (χ1) is 28.2. The average molecular weight is 793 g/mol. The molecule has 58 heavy (non-hydrogen) atoms. The van der Waals surface area contributed by atoms with E-state index < -0.39 is 47.7 Å². The molecule has 0 spiro atoms. The molecule has 3 aromatic heterocycles. The van der Waals surface area contributed by atoms with Crippen molar-refractivity contribution < 1.29 is 37.4 Å². The van der Waals surface area contributed by atoms with Crippen molar-refractivity contribution in [3.8, 4) is 22.6 Å². The highest BCUT2D eigenvalue weighted by atomic mass is 19.1. The van der Waals surface area contributed by atoms with Crippen molar-refractivity contribution in [3.05, 3.63) is 91.0 Å². The number of ether oxygens (including phenoxy) is 3. The maximum absolute atomic E-state index is 14.9. The van der Waals surface area contributed by atoms with Gasteiger partial charge < -0.3 is 29.7 Å². The highest BCUT2D eigenvalue weighted by Gasteiger charge is 2.42. The van der Waals surface area contributed by atoms with Gasteiger partial charge >= 0.3 is 5.97 Å². The number of rotatable bonds is 3. The fourth-order valence-corrected chi connectivity index (χ4v) is 7.95. The van der Waals surface area contributed by atoms with Crippen LogP contribution in [0.1, 0.15) is 6.42 Å². The molecule has 298 valence electrons. The Morgan fingerprint density at radius 1 is 0.966 bits per heavy atom. The number of fused-ring (bicyclic) bond motifs is 8. The lowest BCUT2D eigenvalue weighted by Crippen LogP contribution is -2.58. The van der Waals surface area contributed by atoms with Gasteiger partial charge in [0, 0.05) is 43.7 Å². The maximum Gasteiger partial charge on any atom is 0.330 e. The van der Waals surface area contributed by atoms with Crippen molar-refractivity contribution in [1.29, 1.82) is 0 Å². The molecule has 3 aliphatic rings. The van der Waals surface area contributed by atoms with Crippen LogP contribution in [0.3, 0.4) is 0 Å². The number of carbonyl (C=O) groups is 3. The van der Waals surface area contributed by atoms with E-state index in [0.717, 1.165) is 34.2 Å². The number of nitrogens with one attached hydrogen (secondary N) is 2. The fraction of sp³-hybridized carbons (Fsp3) is 0.325. The Kier molecular flexibility index (Phi) is 9.86. The summed E-state index contributed by atoms with van der Waals surface area (Å²) in [6.45, 7) is 2.07. The van der Waals surface area contributed by atoms with Gasteiger partial charge in [-0.2, -0.15) is 10.2 Å². The molecule has 2 amide bonds. The summed E-state index contributed by atoms with van der Waals surface area (Å²) in [5, 5.41) is 16.2. The summed E-state index contributed by atoms with van der Waals surface area (Å²) < 4.78 is 49.2. The molecule has 6 heterocycles. The second-order valence-electron chi connectivity index (χ2n) is 14.3. The van der Waals surface area contributed by atoms with Gasteiger partial charge in [0.25, 0.3) is 0 Å². The van der Waals surface area contributed by atoms with Gasteiger partial charge in [0.05, 0.1) is 50.5 Å². The van der Waals surface area contributed by atoms with Crippen LogP contribution < -0.4 is 20.3 Å². The zero-order valence-electron chi connectivity index (χ0n) is 31.3. The quantitative estimate of drug-likeness (QED) is 0.252. The van der Waals surface area contributed by atoms with Crippen LogP contribution in [-0.2, 0) is 30.4 Å². The molecule has 1 unspecified atom stereocenters. The number of aromatic nitrogens is 6. The Morgan fingerprint density at radius 3 is 2.71 bits per heavy atom. The molecule has 2 fully saturated rings. The Bertz CT molecular complexity index is 2550. The minimum atomic E-state index is -1.24. The van der Waals surface area contributed by atoms with Crippen molar-refractivity contribution in [2.24, 2.45) is 0 Å². The molecule has 9 rings (SSSR count). The van der Waals surface area contributed by atoms with Crippen LogP contribution in [0.15, 0.2) is 79.4 Å². The Balaban J connectivity index is 1.10. The van der Waals surface area contributed by atoms with Crippen molar-refractivity contribution in [3.63, 3.8) is 0 Å². The second-order valence-corrected chi connectivity index (χ2v) is 14.3. The zero-order chi connectivity index (χ0) is 39.9. The lowest BCUT2D eigenvalue weighted by Gasteiger charge is -2.34. The van der Waals surface area contributed by atoms with E-state index in [-0.39, 0.29) is 43.4 Å². The van der Waals surface area contributed by atoms with Gasteiger partial charge in [-0.25, -0.2) is 28.2 Å². The van der Waals surface area contributed by atoms with Crippen LogP contribution >= 0.6 is 0 Å². The van der Waals surface area contributed by atoms with Gasteiger partial charge in [-0.05, 0) is 41.5 Å². The summed E-state index contributed by atoms with van der Waals surface area (Å²) >= 11 is 0. The summed E-state index contributed by atoms with van der Waals surface area (Å²) in [6, 6.07) is 13.9. The van der Waals surface area contributed by atoms with Crippen LogP contribution in [0, 0.1) is 11.6 Å². The van der Waals surface area contributed by atoms with Crippen molar-refractivity contribution in [1.82, 2.24) is 45.1 Å². The first kappa shape index (κ1) is 37.1. The van der Waals surface area contributed by atoms with E-state index in [4.69, 9.17) is 19.3 Å². The third-order valence-electron chi connectivity index (χ3n) is 10.8. The molecule has 18 heteroatoms. The monoisotopic (exact) mass is 792 g/mol. The first-order valence-electron chi connectivity index (χ1n) is 18.9. The van der Waals surface area contributed by atoms with Gasteiger partial charge in [0.15, 0.2) is 11.5 Å². The molecule has 6 bridgehead atoms. The smallest absolute Gasteiger partial charge is 0.330 e. The second kappa shape index (κ2) is 15.4. The van der Waals surface area contributed by atoms with Crippen LogP contribution in [0.4, 0.5) is 14.6 Å². The number of nitrogens with zero attached hydrogens (tertiary/aromatic N) is 8. The predicted molar refractivity (Wildman–Crippen MR) is 205 cm³/mol. The molecule has 6 aromatic rings. The highest BCUT2D eigenvalue weighted by Crippen LogP contribution is 2.35. The molecular weight excluding hydrogens is 754 g/mol. The number of methoxy groups -OCH3 is 1. The number of amides is 2. The number of morpholine rings is 1. The molecule has 2 N–H and O–H groups in total. The van der Waals surface area contributed by atoms with E-state index in [0.29, 0.717) is 43.2 Å². The number of benzene rings is 3. The summed E-state index contributed by atoms with van der Waals surface area (Å²) in [4.78, 5) is 53.8. The number of anilines is 1. The van der Waals surface area contributed by atoms with Gasteiger partial charge in [-0.15, -0.1) is 0 Å². The average Bonchev–Trinajstić information content (AvgIpc) is 3.98. The fourth-order valence-electron chi connectivity index (χ4n) is 7.95.